The van der Waals surface area contributed by atoms with Gasteiger partial charge in [0, 0.05) is 17.8 Å². The molecule has 4 rings (SSSR count). The molecule has 2 heterocycles. The summed E-state index contributed by atoms with van der Waals surface area (Å²) < 4.78 is 14.1. The monoisotopic (exact) mass is 473 g/mol. The van der Waals surface area contributed by atoms with Crippen molar-refractivity contribution in [3.8, 4) is 6.07 Å². The van der Waals surface area contributed by atoms with Crippen LogP contribution in [0.3, 0.4) is 0 Å². The maximum Gasteiger partial charge on any atom is 0.268 e. The first-order chi connectivity index (χ1) is 15.9. The first-order valence-electron chi connectivity index (χ1n) is 11.1. The van der Waals surface area contributed by atoms with Crippen molar-refractivity contribution in [3.05, 3.63) is 34.7 Å². The van der Waals surface area contributed by atoms with Crippen LogP contribution < -0.4 is 16.0 Å². The number of rotatable bonds is 8. The van der Waals surface area contributed by atoms with Crippen LogP contribution in [0.4, 0.5) is 4.39 Å². The van der Waals surface area contributed by atoms with Crippen LogP contribution in [0.15, 0.2) is 18.2 Å². The van der Waals surface area contributed by atoms with Gasteiger partial charge >= 0.3 is 0 Å². The van der Waals surface area contributed by atoms with E-state index in [4.69, 9.17) is 11.6 Å². The zero-order valence-electron chi connectivity index (χ0n) is 17.9. The molecule has 10 heteroatoms. The molecule has 0 bridgehead atoms. The Morgan fingerprint density at radius 2 is 2.03 bits per heavy atom. The molecule has 2 fully saturated rings. The second kappa shape index (κ2) is 9.79. The molecule has 174 valence electrons. The zero-order valence-corrected chi connectivity index (χ0v) is 18.7. The number of fused-ring (bicyclic) bond motifs is 1. The number of nitrogens with one attached hydrogen (secondary N) is 4. The minimum absolute atomic E-state index is 0.0845. The molecule has 0 spiro atoms. The fourth-order valence-corrected chi connectivity index (χ4v) is 4.40. The second-order valence-electron chi connectivity index (χ2n) is 8.76. The topological polar surface area (TPSA) is 127 Å². The van der Waals surface area contributed by atoms with Crippen LogP contribution in [0.25, 0.3) is 10.9 Å². The van der Waals surface area contributed by atoms with E-state index < -0.39 is 29.7 Å². The first kappa shape index (κ1) is 23.1. The van der Waals surface area contributed by atoms with Crippen molar-refractivity contribution in [1.82, 2.24) is 20.9 Å². The molecule has 1 aliphatic carbocycles. The van der Waals surface area contributed by atoms with Gasteiger partial charge in [0.05, 0.1) is 16.6 Å². The molecule has 8 nitrogen and oxygen atoms in total. The highest BCUT2D eigenvalue weighted by Gasteiger charge is 2.33. The summed E-state index contributed by atoms with van der Waals surface area (Å²) in [7, 11) is 0. The van der Waals surface area contributed by atoms with Crippen LogP contribution in [-0.2, 0) is 9.59 Å². The third-order valence-corrected chi connectivity index (χ3v) is 6.53. The number of nitriles is 1. The molecule has 4 N–H and O–H groups in total. The van der Waals surface area contributed by atoms with Gasteiger partial charge in [0.25, 0.3) is 5.91 Å². The minimum atomic E-state index is -0.854. The van der Waals surface area contributed by atoms with Gasteiger partial charge < -0.3 is 20.9 Å². The fraction of sp³-hybridized carbons (Fsp3) is 0.478. The minimum Gasteiger partial charge on any atom is -0.356 e. The smallest absolute Gasteiger partial charge is 0.268 e. The third kappa shape index (κ3) is 5.45. The molecule has 1 aromatic carbocycles. The van der Waals surface area contributed by atoms with Gasteiger partial charge in [-0.3, -0.25) is 14.4 Å². The molecule has 3 atom stereocenters. The lowest BCUT2D eigenvalue weighted by atomic mass is 9.92. The van der Waals surface area contributed by atoms with Crippen molar-refractivity contribution in [2.24, 2.45) is 11.8 Å². The predicted octanol–water partition coefficient (Wildman–Crippen LogP) is 2.78. The number of carbonyl (C=O) groups is 3. The van der Waals surface area contributed by atoms with Crippen LogP contribution in [0.1, 0.15) is 49.0 Å². The quantitative estimate of drug-likeness (QED) is 0.470. The van der Waals surface area contributed by atoms with Crippen LogP contribution in [-0.4, -0.2) is 41.3 Å². The number of halogens is 2. The van der Waals surface area contributed by atoms with Crippen LogP contribution in [0.2, 0.25) is 5.02 Å². The number of aromatic amines is 1. The van der Waals surface area contributed by atoms with E-state index in [-0.39, 0.29) is 34.3 Å². The molecule has 2 aliphatic rings. The SMILES string of the molecule is N#CC(CC1CCCNC1=O)NC(=O)C(CC1CC1)NC(=O)c1cc2c(F)ccc(Cl)c2[nH]1. The van der Waals surface area contributed by atoms with Gasteiger partial charge in [-0.05, 0) is 49.8 Å². The van der Waals surface area contributed by atoms with Crippen molar-refractivity contribution in [2.75, 3.05) is 6.54 Å². The molecule has 3 amide bonds. The summed E-state index contributed by atoms with van der Waals surface area (Å²) in [5.41, 5.74) is 0.390. The van der Waals surface area contributed by atoms with Gasteiger partial charge in [0.2, 0.25) is 11.8 Å². The lowest BCUT2D eigenvalue weighted by molar-refractivity contribution is -0.128. The number of amides is 3. The van der Waals surface area contributed by atoms with E-state index >= 15 is 0 Å². The Labute approximate surface area is 195 Å². The van der Waals surface area contributed by atoms with Gasteiger partial charge in [-0.2, -0.15) is 5.26 Å². The number of nitrogens with zero attached hydrogens (tertiary/aromatic N) is 1. The van der Waals surface area contributed by atoms with Gasteiger partial charge in [0.1, 0.15) is 23.6 Å². The van der Waals surface area contributed by atoms with Crippen molar-refractivity contribution in [1.29, 1.82) is 5.26 Å². The van der Waals surface area contributed by atoms with E-state index in [0.29, 0.717) is 30.8 Å². The Morgan fingerprint density at radius 3 is 2.70 bits per heavy atom. The van der Waals surface area contributed by atoms with Gasteiger partial charge in [0.15, 0.2) is 0 Å². The number of hydrogen-bond acceptors (Lipinski definition) is 4. The van der Waals surface area contributed by atoms with Crippen LogP contribution in [0.5, 0.6) is 0 Å². The van der Waals surface area contributed by atoms with E-state index in [1.54, 1.807) is 0 Å². The van der Waals surface area contributed by atoms with E-state index in [2.05, 4.69) is 27.0 Å². The molecule has 0 radical (unpaired) electrons. The molecule has 2 aromatic rings. The summed E-state index contributed by atoms with van der Waals surface area (Å²) in [6, 6.07) is 4.33. The second-order valence-corrected chi connectivity index (χ2v) is 9.17. The Hall–Kier alpha value is -3.12. The van der Waals surface area contributed by atoms with Crippen LogP contribution in [0, 0.1) is 29.0 Å². The number of hydrogen-bond donors (Lipinski definition) is 4. The number of H-pyrrole nitrogens is 1. The summed E-state index contributed by atoms with van der Waals surface area (Å²) in [5.74, 6) is -1.67. The summed E-state index contributed by atoms with van der Waals surface area (Å²) in [6.07, 6.45) is 4.10. The maximum atomic E-state index is 14.1. The Bertz CT molecular complexity index is 1080. The number of piperidine rings is 1. The highest BCUT2D eigenvalue weighted by atomic mass is 35.5. The van der Waals surface area contributed by atoms with E-state index in [1.807, 2.05) is 0 Å². The summed E-state index contributed by atoms with van der Waals surface area (Å²) in [6.45, 7) is 0.622. The standard InChI is InChI=1S/C23H25ClFN5O3/c24-16-5-6-17(25)15-10-19(29-20(15)16)23(33)30-18(8-12-3-4-12)22(32)28-14(11-26)9-13-2-1-7-27-21(13)31/h5-6,10,12-14,18,29H,1-4,7-9H2,(H,27,31)(H,28,32)(H,30,33). The van der Waals surface area contributed by atoms with E-state index in [1.165, 1.54) is 18.2 Å². The van der Waals surface area contributed by atoms with Crippen molar-refractivity contribution < 1.29 is 18.8 Å². The Kier molecular flexibility index (Phi) is 6.84. The van der Waals surface area contributed by atoms with E-state index in [9.17, 15) is 24.0 Å². The van der Waals surface area contributed by atoms with Gasteiger partial charge in [-0.25, -0.2) is 4.39 Å². The van der Waals surface area contributed by atoms with Crippen LogP contribution >= 0.6 is 11.6 Å². The third-order valence-electron chi connectivity index (χ3n) is 6.21. The van der Waals surface area contributed by atoms with Gasteiger partial charge in [-0.15, -0.1) is 0 Å². The summed E-state index contributed by atoms with van der Waals surface area (Å²) >= 11 is 6.09. The lowest BCUT2D eigenvalue weighted by Crippen LogP contribution is -2.50. The molecule has 1 saturated carbocycles. The van der Waals surface area contributed by atoms with Gasteiger partial charge in [-0.1, -0.05) is 24.4 Å². The lowest BCUT2D eigenvalue weighted by Gasteiger charge is -2.25. The maximum absolute atomic E-state index is 14.1. The van der Waals surface area contributed by atoms with E-state index in [0.717, 1.165) is 19.3 Å². The molecular weight excluding hydrogens is 449 g/mol. The van der Waals surface area contributed by atoms with Crippen molar-refractivity contribution in [2.45, 2.75) is 50.6 Å². The number of aromatic nitrogens is 1. The Morgan fingerprint density at radius 1 is 1.24 bits per heavy atom. The van der Waals surface area contributed by atoms with Crippen molar-refractivity contribution >= 4 is 40.2 Å². The molecule has 33 heavy (non-hydrogen) atoms. The molecule has 1 saturated heterocycles. The molecule has 1 aliphatic heterocycles. The molecule has 1 aromatic heterocycles. The number of carbonyl (C=O) groups excluding carboxylic acids is 3. The van der Waals surface area contributed by atoms with Crippen molar-refractivity contribution in [3.63, 3.8) is 0 Å². The summed E-state index contributed by atoms with van der Waals surface area (Å²) in [4.78, 5) is 40.7. The summed E-state index contributed by atoms with van der Waals surface area (Å²) in [5, 5.41) is 18.2. The Balaban J connectivity index is 1.45. The number of benzene rings is 1. The molecular formula is C23H25ClFN5O3. The fourth-order valence-electron chi connectivity index (χ4n) is 4.19. The predicted molar refractivity (Wildman–Crippen MR) is 120 cm³/mol. The highest BCUT2D eigenvalue weighted by molar-refractivity contribution is 6.35. The largest absolute Gasteiger partial charge is 0.356 e. The average molecular weight is 474 g/mol. The normalized spacial score (nSPS) is 19.9. The highest BCUT2D eigenvalue weighted by Crippen LogP contribution is 2.34. The molecule has 3 unspecified atom stereocenters. The first-order valence-corrected chi connectivity index (χ1v) is 11.5. The average Bonchev–Trinajstić information content (AvgIpc) is 3.49. The zero-order chi connectivity index (χ0) is 23.5.